The predicted octanol–water partition coefficient (Wildman–Crippen LogP) is 4.93. The molecule has 0 spiro atoms. The molecule has 0 aliphatic rings. The standard InChI is InChI=1S/C21H17Cl2N3O3/c1-28-14-6-3-12(4-7-14)9-10-26-16-11-13(20(27)29-2)5-8-15(16)17-18(26)19(22)25-21(23)24-17/h3-8,11H,9-10H2,1-2H3. The zero-order chi connectivity index (χ0) is 20.5. The Balaban J connectivity index is 1.84. The van der Waals surface area contributed by atoms with Crippen LogP contribution in [0.2, 0.25) is 10.4 Å². The summed E-state index contributed by atoms with van der Waals surface area (Å²) in [5.41, 5.74) is 3.73. The molecule has 0 saturated heterocycles. The number of aromatic nitrogens is 3. The van der Waals surface area contributed by atoms with Crippen LogP contribution < -0.4 is 4.74 Å². The van der Waals surface area contributed by atoms with Crippen LogP contribution in [0, 0.1) is 0 Å². The van der Waals surface area contributed by atoms with Gasteiger partial charge in [-0.1, -0.05) is 23.7 Å². The topological polar surface area (TPSA) is 66.2 Å². The summed E-state index contributed by atoms with van der Waals surface area (Å²) in [5.74, 6) is 0.397. The number of halogens is 2. The molecule has 0 amide bonds. The van der Waals surface area contributed by atoms with Crippen LogP contribution in [0.25, 0.3) is 21.9 Å². The van der Waals surface area contributed by atoms with Gasteiger partial charge in [-0.2, -0.15) is 0 Å². The van der Waals surface area contributed by atoms with Gasteiger partial charge in [0.2, 0.25) is 5.28 Å². The maximum atomic E-state index is 12.0. The van der Waals surface area contributed by atoms with Gasteiger partial charge in [0.1, 0.15) is 16.8 Å². The summed E-state index contributed by atoms with van der Waals surface area (Å²) in [7, 11) is 2.99. The number of rotatable bonds is 5. The van der Waals surface area contributed by atoms with E-state index in [9.17, 15) is 4.79 Å². The van der Waals surface area contributed by atoms with Crippen LogP contribution in [-0.2, 0) is 17.7 Å². The minimum Gasteiger partial charge on any atom is -0.497 e. The predicted molar refractivity (Wildman–Crippen MR) is 113 cm³/mol. The van der Waals surface area contributed by atoms with Gasteiger partial charge in [-0.15, -0.1) is 0 Å². The van der Waals surface area contributed by atoms with Gasteiger partial charge in [0.05, 0.1) is 25.3 Å². The van der Waals surface area contributed by atoms with Gasteiger partial charge in [0.15, 0.2) is 5.15 Å². The van der Waals surface area contributed by atoms with E-state index in [0.29, 0.717) is 23.1 Å². The van der Waals surface area contributed by atoms with Crippen molar-refractivity contribution >= 4 is 51.1 Å². The molecular weight excluding hydrogens is 413 g/mol. The Morgan fingerprint density at radius 2 is 1.83 bits per heavy atom. The molecule has 0 atom stereocenters. The maximum Gasteiger partial charge on any atom is 0.337 e. The van der Waals surface area contributed by atoms with Crippen LogP contribution in [0.4, 0.5) is 0 Å². The van der Waals surface area contributed by atoms with Crippen molar-refractivity contribution in [3.05, 3.63) is 64.0 Å². The summed E-state index contributed by atoms with van der Waals surface area (Å²) in [6.07, 6.45) is 0.740. The smallest absolute Gasteiger partial charge is 0.337 e. The maximum absolute atomic E-state index is 12.0. The van der Waals surface area contributed by atoms with E-state index in [1.165, 1.54) is 7.11 Å². The van der Waals surface area contributed by atoms with Gasteiger partial charge in [0, 0.05) is 11.9 Å². The van der Waals surface area contributed by atoms with Crippen LogP contribution in [0.15, 0.2) is 42.5 Å². The lowest BCUT2D eigenvalue weighted by atomic mass is 10.1. The number of hydrogen-bond acceptors (Lipinski definition) is 5. The highest BCUT2D eigenvalue weighted by atomic mass is 35.5. The third-order valence-corrected chi connectivity index (χ3v) is 5.26. The SMILES string of the molecule is COC(=O)c1ccc2c3nc(Cl)nc(Cl)c3n(CCc3ccc(OC)cc3)c2c1. The van der Waals surface area contributed by atoms with Crippen LogP contribution in [0.5, 0.6) is 5.75 Å². The number of esters is 1. The summed E-state index contributed by atoms with van der Waals surface area (Å²) < 4.78 is 12.1. The summed E-state index contributed by atoms with van der Waals surface area (Å²) in [6, 6.07) is 13.2. The van der Waals surface area contributed by atoms with E-state index < -0.39 is 5.97 Å². The van der Waals surface area contributed by atoms with E-state index in [0.717, 1.165) is 28.6 Å². The number of benzene rings is 2. The number of fused-ring (bicyclic) bond motifs is 3. The highest BCUT2D eigenvalue weighted by molar-refractivity contribution is 6.36. The van der Waals surface area contributed by atoms with E-state index in [1.807, 2.05) is 34.9 Å². The second-order valence-electron chi connectivity index (χ2n) is 6.45. The molecule has 2 aromatic heterocycles. The average molecular weight is 430 g/mol. The number of hydrogen-bond donors (Lipinski definition) is 0. The molecule has 4 aromatic rings. The van der Waals surface area contributed by atoms with Crippen molar-refractivity contribution < 1.29 is 14.3 Å². The van der Waals surface area contributed by atoms with E-state index in [2.05, 4.69) is 9.97 Å². The second kappa shape index (κ2) is 7.89. The normalized spacial score (nSPS) is 11.2. The van der Waals surface area contributed by atoms with Gasteiger partial charge in [-0.3, -0.25) is 0 Å². The van der Waals surface area contributed by atoms with Crippen molar-refractivity contribution in [1.82, 2.24) is 14.5 Å². The molecule has 2 heterocycles. The van der Waals surface area contributed by atoms with Crippen molar-refractivity contribution in [3.8, 4) is 5.75 Å². The molecule has 0 aliphatic carbocycles. The zero-order valence-electron chi connectivity index (χ0n) is 15.8. The minimum atomic E-state index is -0.408. The van der Waals surface area contributed by atoms with Crippen LogP contribution >= 0.6 is 23.2 Å². The Bertz CT molecular complexity index is 1220. The highest BCUT2D eigenvalue weighted by Crippen LogP contribution is 2.33. The van der Waals surface area contributed by atoms with Crippen molar-refractivity contribution in [2.24, 2.45) is 0 Å². The molecule has 0 bridgehead atoms. The highest BCUT2D eigenvalue weighted by Gasteiger charge is 2.18. The van der Waals surface area contributed by atoms with Crippen LogP contribution in [0.3, 0.4) is 0 Å². The van der Waals surface area contributed by atoms with E-state index >= 15 is 0 Å². The van der Waals surface area contributed by atoms with Crippen molar-refractivity contribution in [2.45, 2.75) is 13.0 Å². The molecule has 0 fully saturated rings. The summed E-state index contributed by atoms with van der Waals surface area (Å²) in [4.78, 5) is 20.5. The van der Waals surface area contributed by atoms with Crippen molar-refractivity contribution in [2.75, 3.05) is 14.2 Å². The third kappa shape index (κ3) is 3.61. The molecule has 0 saturated carbocycles. The largest absolute Gasteiger partial charge is 0.497 e. The number of aryl methyl sites for hydroxylation is 2. The van der Waals surface area contributed by atoms with Gasteiger partial charge in [0.25, 0.3) is 0 Å². The molecule has 0 aliphatic heterocycles. The van der Waals surface area contributed by atoms with Crippen LogP contribution in [0.1, 0.15) is 15.9 Å². The molecule has 2 aromatic carbocycles. The fourth-order valence-electron chi connectivity index (χ4n) is 3.41. The molecule has 0 N–H and O–H groups in total. The first-order valence-corrected chi connectivity index (χ1v) is 9.63. The van der Waals surface area contributed by atoms with Crippen molar-refractivity contribution in [1.29, 1.82) is 0 Å². The summed E-state index contributed by atoms with van der Waals surface area (Å²) in [5, 5.41) is 1.19. The monoisotopic (exact) mass is 429 g/mol. The van der Waals surface area contributed by atoms with E-state index in [4.69, 9.17) is 32.7 Å². The van der Waals surface area contributed by atoms with E-state index in [1.54, 1.807) is 19.2 Å². The molecule has 8 heteroatoms. The lowest BCUT2D eigenvalue weighted by Gasteiger charge is -2.09. The molecule has 6 nitrogen and oxygen atoms in total. The van der Waals surface area contributed by atoms with Gasteiger partial charge >= 0.3 is 5.97 Å². The molecule has 4 rings (SSSR count). The molecule has 29 heavy (non-hydrogen) atoms. The number of nitrogens with zero attached hydrogens (tertiary/aromatic N) is 3. The van der Waals surface area contributed by atoms with Gasteiger partial charge < -0.3 is 14.0 Å². The zero-order valence-corrected chi connectivity index (χ0v) is 17.3. The van der Waals surface area contributed by atoms with Crippen LogP contribution in [-0.4, -0.2) is 34.7 Å². The Morgan fingerprint density at radius 1 is 1.07 bits per heavy atom. The Morgan fingerprint density at radius 3 is 2.52 bits per heavy atom. The lowest BCUT2D eigenvalue weighted by Crippen LogP contribution is -2.04. The third-order valence-electron chi connectivity index (χ3n) is 4.83. The number of carbonyl (C=O) groups excluding carboxylic acids is 1. The quantitative estimate of drug-likeness (QED) is 0.255. The summed E-state index contributed by atoms with van der Waals surface area (Å²) in [6.45, 7) is 0.613. The second-order valence-corrected chi connectivity index (χ2v) is 7.15. The van der Waals surface area contributed by atoms with Gasteiger partial charge in [-0.05, 0) is 53.9 Å². The fraction of sp³-hybridized carbons (Fsp3) is 0.190. The molecule has 0 unspecified atom stereocenters. The Kier molecular flexibility index (Phi) is 5.30. The number of carbonyl (C=O) groups is 1. The molecule has 0 radical (unpaired) electrons. The van der Waals surface area contributed by atoms with Crippen molar-refractivity contribution in [3.63, 3.8) is 0 Å². The minimum absolute atomic E-state index is 0.0775. The average Bonchev–Trinajstić information content (AvgIpc) is 3.05. The first-order chi connectivity index (χ1) is 14.0. The first-order valence-electron chi connectivity index (χ1n) is 8.88. The number of methoxy groups -OCH3 is 2. The van der Waals surface area contributed by atoms with E-state index in [-0.39, 0.29) is 10.4 Å². The molecule has 148 valence electrons. The summed E-state index contributed by atoms with van der Waals surface area (Å²) >= 11 is 12.5. The number of ether oxygens (including phenoxy) is 2. The Labute approximate surface area is 177 Å². The lowest BCUT2D eigenvalue weighted by molar-refractivity contribution is 0.0601. The van der Waals surface area contributed by atoms with Gasteiger partial charge in [-0.25, -0.2) is 14.8 Å². The molecular formula is C21H17Cl2N3O3. The first kappa shape index (κ1) is 19.5. The Hall–Kier alpha value is -2.83. The fourth-order valence-corrected chi connectivity index (χ4v) is 3.90.